The molecule has 2 aromatic rings. The van der Waals surface area contributed by atoms with Gasteiger partial charge in [0.15, 0.2) is 1.41 Å². The van der Waals surface area contributed by atoms with Gasteiger partial charge in [0, 0.05) is 6.42 Å². The maximum absolute atomic E-state index is 13.1. The second-order valence-electron chi connectivity index (χ2n) is 10.1. The number of rotatable bonds is 16. The number of phenols is 1. The summed E-state index contributed by atoms with van der Waals surface area (Å²) in [7, 11) is 0. The Labute approximate surface area is 242 Å². The highest BCUT2D eigenvalue weighted by atomic mass is 16.4. The first-order valence-corrected chi connectivity index (χ1v) is 13.2. The number of nitrogens with one attached hydrogen (secondary N) is 4. The average molecular weight is 572 g/mol. The first-order valence-electron chi connectivity index (χ1n) is 14.2. The first-order chi connectivity index (χ1) is 20.3. The van der Waals surface area contributed by atoms with Gasteiger partial charge < -0.3 is 37.2 Å². The zero-order valence-electron chi connectivity index (χ0n) is 25.3. The number of benzene rings is 2. The third-order valence-corrected chi connectivity index (χ3v) is 6.05. The van der Waals surface area contributed by atoms with E-state index in [0.29, 0.717) is 16.4 Å². The van der Waals surface area contributed by atoms with Crippen LogP contribution < -0.4 is 27.0 Å². The standard InChI is InChI=1S/C29H39N5O7/c1-17(2)13-24(29(40)41)34-28(39)23(15-19-7-5-4-6-8-19)33-25(36)16-31-26(37)18(3)32-27(38)22(30)14-20-9-11-21(35)12-10-20/h4-12,17-18,22-24,35H,13-16,30H2,1-3H3,(H,31,37)(H,32,38)(H,33,36)(H,34,39)(H,40,41)/t18-,22-,23-,24-/m0/s1/i/hD2. The summed E-state index contributed by atoms with van der Waals surface area (Å²) in [6, 6.07) is 9.98. The Morgan fingerprint density at radius 3 is 2.07 bits per heavy atom. The molecule has 12 nitrogen and oxygen atoms in total. The Balaban J connectivity index is 2.03. The molecule has 0 saturated carbocycles. The Kier molecular flexibility index (Phi) is 11.5. The topological polar surface area (TPSA) is 200 Å². The third kappa shape index (κ3) is 11.7. The Morgan fingerprint density at radius 2 is 1.49 bits per heavy atom. The van der Waals surface area contributed by atoms with Gasteiger partial charge in [0.2, 0.25) is 23.6 Å². The molecule has 222 valence electrons. The summed E-state index contributed by atoms with van der Waals surface area (Å²) in [5, 5.41) is 26.6. The van der Waals surface area contributed by atoms with E-state index in [9.17, 15) is 34.2 Å². The van der Waals surface area contributed by atoms with Crippen LogP contribution in [0.3, 0.4) is 0 Å². The van der Waals surface area contributed by atoms with E-state index >= 15 is 0 Å². The first kappa shape index (κ1) is 29.5. The number of aliphatic carboxylic acids is 1. The van der Waals surface area contributed by atoms with E-state index in [0.717, 1.165) is 0 Å². The lowest BCUT2D eigenvalue weighted by Gasteiger charge is -2.23. The van der Waals surface area contributed by atoms with Crippen molar-refractivity contribution in [2.75, 3.05) is 6.54 Å². The number of carboxylic acid groups (broad SMARTS) is 1. The summed E-state index contributed by atoms with van der Waals surface area (Å²) in [6.45, 7) is 4.32. The van der Waals surface area contributed by atoms with Crippen molar-refractivity contribution in [1.29, 1.82) is 0 Å². The van der Waals surface area contributed by atoms with Crippen molar-refractivity contribution in [3.8, 4) is 5.75 Å². The van der Waals surface area contributed by atoms with Crippen LogP contribution in [0.1, 0.15) is 38.3 Å². The lowest BCUT2D eigenvalue weighted by atomic mass is 10.0. The smallest absolute Gasteiger partial charge is 0.326 e. The van der Waals surface area contributed by atoms with Crippen molar-refractivity contribution < 1.29 is 37.0 Å². The van der Waals surface area contributed by atoms with Gasteiger partial charge >= 0.3 is 5.97 Å². The van der Waals surface area contributed by atoms with Gasteiger partial charge in [0.25, 0.3) is 0 Å². The van der Waals surface area contributed by atoms with E-state index in [-0.39, 0.29) is 30.9 Å². The number of nitrogens with two attached hydrogens (primary N) is 1. The van der Waals surface area contributed by atoms with Crippen LogP contribution in [0.15, 0.2) is 54.6 Å². The van der Waals surface area contributed by atoms with Crippen LogP contribution in [-0.4, -0.2) is 70.5 Å². The van der Waals surface area contributed by atoms with Gasteiger partial charge in [0.1, 0.15) is 25.3 Å². The summed E-state index contributed by atoms with van der Waals surface area (Å²) in [4.78, 5) is 63.0. The van der Waals surface area contributed by atoms with Crippen LogP contribution in [0.25, 0.3) is 0 Å². The van der Waals surface area contributed by atoms with Crippen molar-refractivity contribution in [2.45, 2.75) is 64.2 Å². The molecule has 0 fully saturated rings. The normalized spacial score (nSPS) is 14.4. The minimum Gasteiger partial charge on any atom is -0.508 e. The zero-order chi connectivity index (χ0) is 32.1. The van der Waals surface area contributed by atoms with E-state index in [2.05, 4.69) is 21.7 Å². The summed E-state index contributed by atoms with van der Waals surface area (Å²) in [5.41, 5.74) is 3.43. The Morgan fingerprint density at radius 1 is 0.854 bits per heavy atom. The lowest BCUT2D eigenvalue weighted by molar-refractivity contribution is -0.142. The summed E-state index contributed by atoms with van der Waals surface area (Å²) in [6.07, 6.45) is 0.191. The highest BCUT2D eigenvalue weighted by Gasteiger charge is 2.28. The molecular formula is C29H39N5O7. The van der Waals surface area contributed by atoms with Gasteiger partial charge in [-0.25, -0.2) is 4.79 Å². The predicted molar refractivity (Wildman–Crippen MR) is 151 cm³/mol. The summed E-state index contributed by atoms with van der Waals surface area (Å²) in [5.74, 6) is -4.37. The fraction of sp³-hybridized carbons (Fsp3) is 0.414. The maximum Gasteiger partial charge on any atom is 0.326 e. The van der Waals surface area contributed by atoms with Crippen LogP contribution in [0.5, 0.6) is 5.75 Å². The molecule has 0 spiro atoms. The minimum atomic E-state index is -1.39. The van der Waals surface area contributed by atoms with Crippen LogP contribution in [-0.2, 0) is 36.8 Å². The molecule has 0 bridgehead atoms. The van der Waals surface area contributed by atoms with Gasteiger partial charge in [-0.05, 0) is 48.9 Å². The number of hydrogen-bond donors (Lipinski definition) is 7. The van der Waals surface area contributed by atoms with Crippen molar-refractivity contribution in [3.63, 3.8) is 0 Å². The van der Waals surface area contributed by atoms with Crippen molar-refractivity contribution >= 4 is 29.6 Å². The monoisotopic (exact) mass is 571 g/mol. The molecule has 12 heteroatoms. The second kappa shape index (κ2) is 16.0. The number of aromatic hydroxyl groups is 1. The van der Waals surface area contributed by atoms with Crippen molar-refractivity contribution in [2.24, 2.45) is 11.6 Å². The molecule has 0 aliphatic carbocycles. The van der Waals surface area contributed by atoms with E-state index < -0.39 is 60.3 Å². The predicted octanol–water partition coefficient (Wildman–Crippen LogP) is 0.226. The molecule has 0 saturated heterocycles. The van der Waals surface area contributed by atoms with Crippen LogP contribution >= 0.6 is 0 Å². The lowest BCUT2D eigenvalue weighted by Crippen LogP contribution is -2.55. The minimum absolute atomic E-state index is 0.0413. The third-order valence-electron chi connectivity index (χ3n) is 6.05. The molecule has 8 N–H and O–H groups in total. The molecule has 41 heavy (non-hydrogen) atoms. The van der Waals surface area contributed by atoms with Crippen LogP contribution in [0.2, 0.25) is 2.82 Å². The number of hydrogen-bond acceptors (Lipinski definition) is 7. The molecular weight excluding hydrogens is 530 g/mol. The quantitative estimate of drug-likeness (QED) is 0.148. The second-order valence-corrected chi connectivity index (χ2v) is 10.1. The van der Waals surface area contributed by atoms with Gasteiger partial charge in [-0.1, -0.05) is 56.3 Å². The number of amides is 4. The van der Waals surface area contributed by atoms with Gasteiger partial charge in [-0.15, -0.1) is 0 Å². The molecule has 0 unspecified atom stereocenters. The van der Waals surface area contributed by atoms with E-state index in [1.54, 1.807) is 56.3 Å². The van der Waals surface area contributed by atoms with E-state index in [4.69, 9.17) is 2.82 Å². The van der Waals surface area contributed by atoms with E-state index in [1.165, 1.54) is 19.1 Å². The number of carboxylic acids is 1. The Hall–Kier alpha value is -4.45. The van der Waals surface area contributed by atoms with Crippen LogP contribution in [0.4, 0.5) is 0 Å². The SMILES string of the molecule is [2H]N[C@@H](Cc1ccc(O)cc1)C(=O)N[C@@H](C)C(=O)NCC(=O)N([2H])[C@@H](Cc1ccccc1)C(=O)N[C@@H](CC(C)C)C(=O)O. The fourth-order valence-corrected chi connectivity index (χ4v) is 3.87. The number of carbonyl (C=O) groups excluding carboxylic acids is 4. The molecule has 0 aromatic heterocycles. The van der Waals surface area contributed by atoms with Crippen molar-refractivity contribution in [1.82, 2.24) is 21.3 Å². The molecule has 0 aliphatic rings. The molecule has 0 heterocycles. The highest BCUT2D eigenvalue weighted by Crippen LogP contribution is 2.11. The molecule has 0 radical (unpaired) electrons. The van der Waals surface area contributed by atoms with Gasteiger partial charge in [-0.3, -0.25) is 19.2 Å². The maximum atomic E-state index is 13.1. The number of carbonyl (C=O) groups is 5. The Bertz CT molecular complexity index is 1250. The highest BCUT2D eigenvalue weighted by molar-refractivity contribution is 5.94. The number of phenolic OH excluding ortho intramolecular Hbond substituents is 1. The van der Waals surface area contributed by atoms with Gasteiger partial charge in [-0.2, -0.15) is 0 Å². The largest absolute Gasteiger partial charge is 0.508 e. The summed E-state index contributed by atoms with van der Waals surface area (Å²) >= 11 is 0. The molecule has 2 rings (SSSR count). The van der Waals surface area contributed by atoms with Crippen molar-refractivity contribution in [3.05, 3.63) is 65.7 Å². The fourth-order valence-electron chi connectivity index (χ4n) is 3.87. The average Bonchev–Trinajstić information content (AvgIpc) is 2.97. The summed E-state index contributed by atoms with van der Waals surface area (Å²) < 4.78 is 15.9. The van der Waals surface area contributed by atoms with Crippen LogP contribution in [0, 0.1) is 5.92 Å². The zero-order valence-corrected chi connectivity index (χ0v) is 23.3. The molecule has 4 amide bonds. The molecule has 0 aliphatic heterocycles. The molecule has 4 atom stereocenters. The van der Waals surface area contributed by atoms with Gasteiger partial charge in [0.05, 0.1) is 12.6 Å². The van der Waals surface area contributed by atoms with E-state index in [1.807, 2.05) is 0 Å². The molecule has 2 aromatic carbocycles.